The third-order valence-electron chi connectivity index (χ3n) is 2.67. The fourth-order valence-corrected chi connectivity index (χ4v) is 1.92. The Morgan fingerprint density at radius 1 is 1.26 bits per heavy atom. The van der Waals surface area contributed by atoms with Crippen LogP contribution in [0, 0.1) is 0 Å². The van der Waals surface area contributed by atoms with Gasteiger partial charge in [-0.25, -0.2) is 0 Å². The number of nitrogens with two attached hydrogens (primary N) is 1. The molecule has 0 radical (unpaired) electrons. The lowest BCUT2D eigenvalue weighted by atomic mass is 10.1. The molecule has 0 unspecified atom stereocenters. The molecule has 3 N–H and O–H groups in total. The number of halogens is 1. The maximum absolute atomic E-state index is 5.84. The fraction of sp³-hybridized carbons (Fsp3) is 0.143. The molecule has 5 heteroatoms. The van der Waals surface area contributed by atoms with Crippen LogP contribution in [0.15, 0.2) is 42.6 Å². The number of thiocarbonyl (C=S) groups is 1. The van der Waals surface area contributed by atoms with E-state index in [0.717, 1.165) is 23.7 Å². The number of hydrogen-bond donors (Lipinski definition) is 2. The van der Waals surface area contributed by atoms with Gasteiger partial charge < -0.3 is 11.1 Å². The van der Waals surface area contributed by atoms with Gasteiger partial charge in [0.25, 0.3) is 0 Å². The molecular weight excluding hydrogens is 278 g/mol. The monoisotopic (exact) mass is 291 g/mol. The van der Waals surface area contributed by atoms with Crippen molar-refractivity contribution in [2.24, 2.45) is 5.73 Å². The van der Waals surface area contributed by atoms with Gasteiger partial charge in [0.1, 0.15) is 4.99 Å². The molecule has 2 aromatic rings. The van der Waals surface area contributed by atoms with Crippen LogP contribution in [-0.2, 0) is 6.42 Å². The van der Waals surface area contributed by atoms with Crippen molar-refractivity contribution in [3.63, 3.8) is 0 Å². The van der Waals surface area contributed by atoms with Crippen LogP contribution in [-0.4, -0.2) is 16.5 Å². The molecule has 3 nitrogen and oxygen atoms in total. The Morgan fingerprint density at radius 2 is 2.00 bits per heavy atom. The summed E-state index contributed by atoms with van der Waals surface area (Å²) in [6, 6.07) is 11.6. The van der Waals surface area contributed by atoms with E-state index >= 15 is 0 Å². The Kier molecular flexibility index (Phi) is 4.71. The molecular formula is C14H14ClN3S. The number of benzene rings is 1. The maximum atomic E-state index is 5.84. The first-order valence-corrected chi connectivity index (χ1v) is 6.68. The summed E-state index contributed by atoms with van der Waals surface area (Å²) in [6.45, 7) is 0.822. The first-order chi connectivity index (χ1) is 9.15. The minimum Gasteiger partial charge on any atom is -0.388 e. The predicted octanol–water partition coefficient (Wildman–Crippen LogP) is 3.02. The fourth-order valence-electron chi connectivity index (χ4n) is 1.68. The largest absolute Gasteiger partial charge is 0.388 e. The Morgan fingerprint density at radius 3 is 2.68 bits per heavy atom. The molecule has 0 saturated heterocycles. The van der Waals surface area contributed by atoms with Gasteiger partial charge in [-0.05, 0) is 36.2 Å². The van der Waals surface area contributed by atoms with Gasteiger partial charge in [0, 0.05) is 23.5 Å². The summed E-state index contributed by atoms with van der Waals surface area (Å²) in [6.07, 6.45) is 2.61. The molecule has 0 spiro atoms. The van der Waals surface area contributed by atoms with Gasteiger partial charge in [-0.2, -0.15) is 0 Å². The van der Waals surface area contributed by atoms with Crippen LogP contribution in [0.2, 0.25) is 5.02 Å². The van der Waals surface area contributed by atoms with Crippen LogP contribution in [0.25, 0.3) is 0 Å². The van der Waals surface area contributed by atoms with Crippen molar-refractivity contribution >= 4 is 34.5 Å². The van der Waals surface area contributed by atoms with Crippen molar-refractivity contribution in [3.8, 4) is 0 Å². The minimum atomic E-state index is 0.307. The van der Waals surface area contributed by atoms with Gasteiger partial charge in [0.15, 0.2) is 0 Å². The van der Waals surface area contributed by atoms with Crippen molar-refractivity contribution < 1.29 is 0 Å². The van der Waals surface area contributed by atoms with Crippen LogP contribution >= 0.6 is 23.8 Å². The van der Waals surface area contributed by atoms with Crippen molar-refractivity contribution in [3.05, 3.63) is 58.9 Å². The Balaban J connectivity index is 1.90. The lowest BCUT2D eigenvalue weighted by Crippen LogP contribution is -2.12. The number of anilines is 1. The molecule has 0 aliphatic carbocycles. The Labute approximate surface area is 122 Å². The minimum absolute atomic E-state index is 0.307. The quantitative estimate of drug-likeness (QED) is 0.832. The molecule has 1 aromatic heterocycles. The lowest BCUT2D eigenvalue weighted by molar-refractivity contribution is 1.02. The van der Waals surface area contributed by atoms with Crippen LogP contribution in [0.1, 0.15) is 11.3 Å². The highest BCUT2D eigenvalue weighted by Gasteiger charge is 1.99. The molecule has 98 valence electrons. The second-order valence-corrected chi connectivity index (χ2v) is 4.97. The van der Waals surface area contributed by atoms with E-state index in [-0.39, 0.29) is 0 Å². The first-order valence-electron chi connectivity index (χ1n) is 5.89. The zero-order chi connectivity index (χ0) is 13.7. The topological polar surface area (TPSA) is 50.9 Å². The zero-order valence-electron chi connectivity index (χ0n) is 10.3. The summed E-state index contributed by atoms with van der Waals surface area (Å²) < 4.78 is 0. The molecule has 0 fully saturated rings. The third-order valence-corrected chi connectivity index (χ3v) is 3.13. The summed E-state index contributed by atoms with van der Waals surface area (Å²) >= 11 is 10.7. The highest BCUT2D eigenvalue weighted by atomic mass is 35.5. The molecule has 0 aliphatic rings. The number of aromatic nitrogens is 1. The summed E-state index contributed by atoms with van der Waals surface area (Å²) in [7, 11) is 0. The van der Waals surface area contributed by atoms with Gasteiger partial charge in [-0.15, -0.1) is 0 Å². The van der Waals surface area contributed by atoms with Crippen LogP contribution in [0.5, 0.6) is 0 Å². The normalized spacial score (nSPS) is 10.2. The molecule has 1 aromatic carbocycles. The SMILES string of the molecule is NC(=S)c1cc(NCCc2ccc(Cl)cc2)ccn1. The van der Waals surface area contributed by atoms with Crippen LogP contribution < -0.4 is 11.1 Å². The van der Waals surface area contributed by atoms with Crippen molar-refractivity contribution in [1.82, 2.24) is 4.98 Å². The number of pyridine rings is 1. The lowest BCUT2D eigenvalue weighted by Gasteiger charge is -2.07. The van der Waals surface area contributed by atoms with Crippen molar-refractivity contribution in [1.29, 1.82) is 0 Å². The molecule has 19 heavy (non-hydrogen) atoms. The Bertz CT molecular complexity index is 569. The van der Waals surface area contributed by atoms with Crippen LogP contribution in [0.4, 0.5) is 5.69 Å². The van der Waals surface area contributed by atoms with E-state index in [1.165, 1.54) is 5.56 Å². The summed E-state index contributed by atoms with van der Waals surface area (Å²) in [4.78, 5) is 4.40. The molecule has 0 saturated carbocycles. The highest BCUT2D eigenvalue weighted by molar-refractivity contribution is 7.80. The second kappa shape index (κ2) is 6.50. The van der Waals surface area contributed by atoms with Gasteiger partial charge in [0.2, 0.25) is 0 Å². The third kappa shape index (κ3) is 4.19. The van der Waals surface area contributed by atoms with Crippen LogP contribution in [0.3, 0.4) is 0 Å². The molecule has 2 rings (SSSR count). The number of nitrogens with one attached hydrogen (secondary N) is 1. The van der Waals surface area contributed by atoms with Gasteiger partial charge in [0.05, 0.1) is 5.69 Å². The summed E-state index contributed by atoms with van der Waals surface area (Å²) in [5.74, 6) is 0. The highest BCUT2D eigenvalue weighted by Crippen LogP contribution is 2.11. The van der Waals surface area contributed by atoms with E-state index < -0.39 is 0 Å². The number of hydrogen-bond acceptors (Lipinski definition) is 3. The van der Waals surface area contributed by atoms with Gasteiger partial charge >= 0.3 is 0 Å². The van der Waals surface area contributed by atoms with Crippen molar-refractivity contribution in [2.75, 3.05) is 11.9 Å². The molecule has 0 amide bonds. The van der Waals surface area contributed by atoms with E-state index in [2.05, 4.69) is 10.3 Å². The van der Waals surface area contributed by atoms with Crippen molar-refractivity contribution in [2.45, 2.75) is 6.42 Å². The predicted molar refractivity (Wildman–Crippen MR) is 83.8 cm³/mol. The number of nitrogens with zero attached hydrogens (tertiary/aromatic N) is 1. The van der Waals surface area contributed by atoms with Gasteiger partial charge in [-0.1, -0.05) is 36.0 Å². The standard InChI is InChI=1S/C14H14ClN3S/c15-11-3-1-10(2-4-11)5-7-17-12-6-8-18-13(9-12)14(16)19/h1-4,6,8-9H,5,7H2,(H2,16,19)(H,17,18). The molecule has 0 aliphatic heterocycles. The van der Waals surface area contributed by atoms with E-state index in [9.17, 15) is 0 Å². The van der Waals surface area contributed by atoms with E-state index in [1.807, 2.05) is 36.4 Å². The zero-order valence-corrected chi connectivity index (χ0v) is 11.8. The summed E-state index contributed by atoms with van der Waals surface area (Å²) in [5, 5.41) is 4.07. The summed E-state index contributed by atoms with van der Waals surface area (Å²) in [5.41, 5.74) is 8.38. The molecule has 0 bridgehead atoms. The van der Waals surface area contributed by atoms with Gasteiger partial charge in [-0.3, -0.25) is 4.98 Å². The maximum Gasteiger partial charge on any atom is 0.122 e. The average molecular weight is 292 g/mol. The molecule has 1 heterocycles. The molecule has 0 atom stereocenters. The van der Waals surface area contributed by atoms with E-state index in [0.29, 0.717) is 10.7 Å². The Hall–Kier alpha value is -1.65. The number of rotatable bonds is 5. The second-order valence-electron chi connectivity index (χ2n) is 4.10. The average Bonchev–Trinajstić information content (AvgIpc) is 2.41. The first kappa shape index (κ1) is 13.8. The van der Waals surface area contributed by atoms with E-state index in [1.54, 1.807) is 6.20 Å². The smallest absolute Gasteiger partial charge is 0.122 e. The van der Waals surface area contributed by atoms with E-state index in [4.69, 9.17) is 29.6 Å².